The van der Waals surface area contributed by atoms with Crippen molar-refractivity contribution in [1.29, 1.82) is 0 Å². The Morgan fingerprint density at radius 2 is 1.95 bits per heavy atom. The maximum atomic E-state index is 12.0. The number of benzene rings is 1. The number of thiocarbonyl (C=S) groups is 1. The summed E-state index contributed by atoms with van der Waals surface area (Å²) in [5.74, 6) is 0.135. The summed E-state index contributed by atoms with van der Waals surface area (Å²) >= 11 is 4.86. The Morgan fingerprint density at radius 1 is 1.32 bits per heavy atom. The summed E-state index contributed by atoms with van der Waals surface area (Å²) in [5, 5.41) is 2.93. The third-order valence-electron chi connectivity index (χ3n) is 3.19. The van der Waals surface area contributed by atoms with Gasteiger partial charge >= 0.3 is 0 Å². The topological polar surface area (TPSA) is 64.3 Å². The van der Waals surface area contributed by atoms with E-state index in [1.165, 1.54) is 0 Å². The summed E-state index contributed by atoms with van der Waals surface area (Å²) in [6.07, 6.45) is 2.18. The van der Waals surface area contributed by atoms with Gasteiger partial charge in [0.05, 0.1) is 4.99 Å². The SMILES string of the molecule is NC(=S)Cc1ccc(NC(=O)C2CCOCC2)cc1. The molecule has 0 bridgehead atoms. The molecular formula is C14H18N2O2S. The van der Waals surface area contributed by atoms with Gasteiger partial charge < -0.3 is 15.8 Å². The van der Waals surface area contributed by atoms with Crippen LogP contribution in [0.1, 0.15) is 18.4 Å². The highest BCUT2D eigenvalue weighted by molar-refractivity contribution is 7.80. The van der Waals surface area contributed by atoms with Crippen molar-refractivity contribution in [3.05, 3.63) is 29.8 Å². The molecule has 19 heavy (non-hydrogen) atoms. The molecule has 102 valence electrons. The number of rotatable bonds is 4. The molecule has 1 saturated heterocycles. The molecule has 0 saturated carbocycles. The monoisotopic (exact) mass is 278 g/mol. The zero-order chi connectivity index (χ0) is 13.7. The van der Waals surface area contributed by atoms with Crippen molar-refractivity contribution >= 4 is 28.8 Å². The number of ether oxygens (including phenoxy) is 1. The minimum atomic E-state index is 0.0602. The van der Waals surface area contributed by atoms with Crippen LogP contribution in [0.4, 0.5) is 5.69 Å². The van der Waals surface area contributed by atoms with E-state index in [9.17, 15) is 4.79 Å². The molecule has 2 rings (SSSR count). The molecule has 1 heterocycles. The van der Waals surface area contributed by atoms with Crippen molar-refractivity contribution in [1.82, 2.24) is 0 Å². The second-order valence-electron chi connectivity index (χ2n) is 4.72. The lowest BCUT2D eigenvalue weighted by atomic mass is 9.99. The average Bonchev–Trinajstić information content (AvgIpc) is 2.41. The number of carbonyl (C=O) groups is 1. The summed E-state index contributed by atoms with van der Waals surface area (Å²) in [6, 6.07) is 7.62. The van der Waals surface area contributed by atoms with Gasteiger partial charge in [-0.3, -0.25) is 4.79 Å². The first-order valence-electron chi connectivity index (χ1n) is 6.41. The fraction of sp³-hybridized carbons (Fsp3) is 0.429. The Morgan fingerprint density at radius 3 is 2.53 bits per heavy atom. The number of nitrogens with two attached hydrogens (primary N) is 1. The normalized spacial score (nSPS) is 16.0. The summed E-state index contributed by atoms with van der Waals surface area (Å²) < 4.78 is 5.25. The first-order valence-corrected chi connectivity index (χ1v) is 6.82. The minimum absolute atomic E-state index is 0.0602. The lowest BCUT2D eigenvalue weighted by molar-refractivity contribution is -0.122. The summed E-state index contributed by atoms with van der Waals surface area (Å²) in [4.78, 5) is 12.5. The van der Waals surface area contributed by atoms with Crippen LogP contribution in [0.5, 0.6) is 0 Å². The highest BCUT2D eigenvalue weighted by Crippen LogP contribution is 2.18. The molecule has 1 aliphatic rings. The van der Waals surface area contributed by atoms with Gasteiger partial charge in [0, 0.05) is 31.2 Å². The van der Waals surface area contributed by atoms with Crippen molar-refractivity contribution in [3.63, 3.8) is 0 Å². The maximum absolute atomic E-state index is 12.0. The zero-order valence-electron chi connectivity index (χ0n) is 10.7. The molecule has 0 radical (unpaired) electrons. The highest BCUT2D eigenvalue weighted by Gasteiger charge is 2.21. The number of hydrogen-bond donors (Lipinski definition) is 2. The van der Waals surface area contributed by atoms with Crippen molar-refractivity contribution in [2.45, 2.75) is 19.3 Å². The molecule has 0 spiro atoms. The van der Waals surface area contributed by atoms with Gasteiger partial charge in [0.2, 0.25) is 5.91 Å². The number of amides is 1. The molecule has 0 aromatic heterocycles. The molecule has 0 aliphatic carbocycles. The van der Waals surface area contributed by atoms with Crippen molar-refractivity contribution in [2.24, 2.45) is 11.7 Å². The molecule has 0 atom stereocenters. The third-order valence-corrected chi connectivity index (χ3v) is 3.34. The van der Waals surface area contributed by atoms with E-state index in [0.717, 1.165) is 24.1 Å². The Balaban J connectivity index is 1.91. The number of nitrogens with one attached hydrogen (secondary N) is 1. The minimum Gasteiger partial charge on any atom is -0.393 e. The molecule has 5 heteroatoms. The summed E-state index contributed by atoms with van der Waals surface area (Å²) in [6.45, 7) is 1.34. The molecule has 1 amide bonds. The maximum Gasteiger partial charge on any atom is 0.227 e. The zero-order valence-corrected chi connectivity index (χ0v) is 11.5. The molecule has 3 N–H and O–H groups in total. The van der Waals surface area contributed by atoms with Crippen LogP contribution < -0.4 is 11.1 Å². The first kappa shape index (κ1) is 14.0. The van der Waals surface area contributed by atoms with Gasteiger partial charge in [-0.05, 0) is 30.5 Å². The van der Waals surface area contributed by atoms with E-state index < -0.39 is 0 Å². The van der Waals surface area contributed by atoms with Crippen LogP contribution in [-0.2, 0) is 16.0 Å². The molecular weight excluding hydrogens is 260 g/mol. The van der Waals surface area contributed by atoms with E-state index in [1.807, 2.05) is 24.3 Å². The standard InChI is InChI=1S/C14H18N2O2S/c15-13(19)9-10-1-3-12(4-2-10)16-14(17)11-5-7-18-8-6-11/h1-4,11H,5-9H2,(H2,15,19)(H,16,17). The van der Waals surface area contributed by atoms with Gasteiger partial charge in [0.25, 0.3) is 0 Å². The predicted molar refractivity (Wildman–Crippen MR) is 79.1 cm³/mol. The van der Waals surface area contributed by atoms with Gasteiger partial charge in [-0.25, -0.2) is 0 Å². The summed E-state index contributed by atoms with van der Waals surface area (Å²) in [5.41, 5.74) is 7.35. The van der Waals surface area contributed by atoms with Gasteiger partial charge in [-0.1, -0.05) is 24.4 Å². The van der Waals surface area contributed by atoms with Crippen molar-refractivity contribution < 1.29 is 9.53 Å². The Kier molecular flexibility index (Phi) is 4.87. The van der Waals surface area contributed by atoms with Crippen LogP contribution in [-0.4, -0.2) is 24.1 Å². The Labute approximate surface area is 118 Å². The third kappa shape index (κ3) is 4.29. The van der Waals surface area contributed by atoms with Gasteiger partial charge in [0.15, 0.2) is 0 Å². The molecule has 1 aromatic carbocycles. The van der Waals surface area contributed by atoms with E-state index in [0.29, 0.717) is 24.6 Å². The smallest absolute Gasteiger partial charge is 0.227 e. The Bertz CT molecular complexity index is 453. The van der Waals surface area contributed by atoms with E-state index >= 15 is 0 Å². The fourth-order valence-corrected chi connectivity index (χ4v) is 2.28. The molecule has 1 aliphatic heterocycles. The molecule has 0 unspecified atom stereocenters. The van der Waals surface area contributed by atoms with Gasteiger partial charge in [-0.2, -0.15) is 0 Å². The van der Waals surface area contributed by atoms with E-state index in [-0.39, 0.29) is 11.8 Å². The lowest BCUT2D eigenvalue weighted by Crippen LogP contribution is -2.28. The largest absolute Gasteiger partial charge is 0.393 e. The van der Waals surface area contributed by atoms with Crippen LogP contribution in [0.2, 0.25) is 0 Å². The Hall–Kier alpha value is -1.46. The van der Waals surface area contributed by atoms with Crippen LogP contribution in [0.25, 0.3) is 0 Å². The fourth-order valence-electron chi connectivity index (χ4n) is 2.11. The second-order valence-corrected chi connectivity index (χ2v) is 5.24. The quantitative estimate of drug-likeness (QED) is 0.825. The first-order chi connectivity index (χ1) is 9.15. The van der Waals surface area contributed by atoms with Gasteiger partial charge in [-0.15, -0.1) is 0 Å². The predicted octanol–water partition coefficient (Wildman–Crippen LogP) is 1.88. The van der Waals surface area contributed by atoms with Gasteiger partial charge in [0.1, 0.15) is 0 Å². The number of anilines is 1. The van der Waals surface area contributed by atoms with Crippen LogP contribution in [0, 0.1) is 5.92 Å². The molecule has 1 fully saturated rings. The van der Waals surface area contributed by atoms with Crippen molar-refractivity contribution in [3.8, 4) is 0 Å². The highest BCUT2D eigenvalue weighted by atomic mass is 32.1. The molecule has 1 aromatic rings. The summed E-state index contributed by atoms with van der Waals surface area (Å²) in [7, 11) is 0. The molecule has 4 nitrogen and oxygen atoms in total. The lowest BCUT2D eigenvalue weighted by Gasteiger charge is -2.21. The van der Waals surface area contributed by atoms with E-state index in [4.69, 9.17) is 22.7 Å². The second kappa shape index (κ2) is 6.63. The van der Waals surface area contributed by atoms with E-state index in [2.05, 4.69) is 5.32 Å². The average molecular weight is 278 g/mol. The van der Waals surface area contributed by atoms with E-state index in [1.54, 1.807) is 0 Å². The van der Waals surface area contributed by atoms with Crippen LogP contribution in [0.15, 0.2) is 24.3 Å². The van der Waals surface area contributed by atoms with Crippen LogP contribution >= 0.6 is 12.2 Å². The van der Waals surface area contributed by atoms with Crippen molar-refractivity contribution in [2.75, 3.05) is 18.5 Å². The van der Waals surface area contributed by atoms with Crippen LogP contribution in [0.3, 0.4) is 0 Å². The number of carbonyl (C=O) groups excluding carboxylic acids is 1. The number of hydrogen-bond acceptors (Lipinski definition) is 3.